The lowest BCUT2D eigenvalue weighted by Gasteiger charge is -2.16. The fourth-order valence-corrected chi connectivity index (χ4v) is 2.22. The molecular formula is C16H26N4O5. The van der Waals surface area contributed by atoms with Crippen molar-refractivity contribution in [2.24, 2.45) is 5.73 Å². The highest BCUT2D eigenvalue weighted by atomic mass is 16.6. The van der Waals surface area contributed by atoms with Gasteiger partial charge in [0.2, 0.25) is 0 Å². The van der Waals surface area contributed by atoms with Crippen LogP contribution in [0.4, 0.5) is 16.2 Å². The molecule has 1 aromatic carbocycles. The summed E-state index contributed by atoms with van der Waals surface area (Å²) >= 11 is 0. The number of urea groups is 1. The Morgan fingerprint density at radius 3 is 2.40 bits per heavy atom. The molecule has 1 aromatic rings. The molecule has 0 saturated carbocycles. The topological polar surface area (TPSA) is 129 Å². The second-order valence-electron chi connectivity index (χ2n) is 5.37. The van der Waals surface area contributed by atoms with E-state index in [9.17, 15) is 14.9 Å². The molecule has 0 fully saturated rings. The Kier molecular flexibility index (Phi) is 8.48. The molecule has 9 nitrogen and oxygen atoms in total. The maximum atomic E-state index is 12.1. The minimum atomic E-state index is -0.578. The SMILES string of the molecule is CCOc1cc(NC(=O)NC(C)CCCN)c([N+](=O)[O-])cc1OCC. The zero-order chi connectivity index (χ0) is 18.8. The van der Waals surface area contributed by atoms with Gasteiger partial charge in [-0.15, -0.1) is 0 Å². The molecule has 4 N–H and O–H groups in total. The first-order valence-corrected chi connectivity index (χ1v) is 8.28. The molecule has 1 unspecified atom stereocenters. The highest BCUT2D eigenvalue weighted by Crippen LogP contribution is 2.38. The van der Waals surface area contributed by atoms with Crippen molar-refractivity contribution >= 4 is 17.4 Å². The molecule has 0 aliphatic heterocycles. The van der Waals surface area contributed by atoms with Gasteiger partial charge in [0.25, 0.3) is 5.69 Å². The number of nitrogens with two attached hydrogens (primary N) is 1. The van der Waals surface area contributed by atoms with Crippen LogP contribution in [0.15, 0.2) is 12.1 Å². The number of hydrogen-bond donors (Lipinski definition) is 3. The lowest BCUT2D eigenvalue weighted by molar-refractivity contribution is -0.384. The average molecular weight is 354 g/mol. The molecule has 0 spiro atoms. The largest absolute Gasteiger partial charge is 0.490 e. The monoisotopic (exact) mass is 354 g/mol. The third-order valence-electron chi connectivity index (χ3n) is 3.33. The normalized spacial score (nSPS) is 11.5. The first kappa shape index (κ1) is 20.5. The molecule has 1 atom stereocenters. The predicted molar refractivity (Wildman–Crippen MR) is 95.3 cm³/mol. The van der Waals surface area contributed by atoms with E-state index in [1.165, 1.54) is 12.1 Å². The molecule has 0 heterocycles. The smallest absolute Gasteiger partial charge is 0.319 e. The Labute approximate surface area is 147 Å². The number of nitrogens with zero attached hydrogens (tertiary/aromatic N) is 1. The molecule has 0 aromatic heterocycles. The zero-order valence-corrected chi connectivity index (χ0v) is 14.8. The maximum absolute atomic E-state index is 12.1. The van der Waals surface area contributed by atoms with Crippen molar-refractivity contribution in [1.29, 1.82) is 0 Å². The molecular weight excluding hydrogens is 328 g/mol. The number of benzene rings is 1. The Morgan fingerprint density at radius 2 is 1.88 bits per heavy atom. The number of hydrogen-bond acceptors (Lipinski definition) is 6. The van der Waals surface area contributed by atoms with Crippen LogP contribution in [0.5, 0.6) is 11.5 Å². The van der Waals surface area contributed by atoms with Crippen LogP contribution >= 0.6 is 0 Å². The maximum Gasteiger partial charge on any atom is 0.319 e. The highest BCUT2D eigenvalue weighted by molar-refractivity contribution is 5.92. The van der Waals surface area contributed by atoms with E-state index in [-0.39, 0.29) is 23.2 Å². The number of ether oxygens (including phenoxy) is 2. The fourth-order valence-electron chi connectivity index (χ4n) is 2.22. The summed E-state index contributed by atoms with van der Waals surface area (Å²) in [4.78, 5) is 22.8. The van der Waals surface area contributed by atoms with Crippen LogP contribution in [0.3, 0.4) is 0 Å². The minimum absolute atomic E-state index is 0.0421. The van der Waals surface area contributed by atoms with Crippen molar-refractivity contribution in [1.82, 2.24) is 5.32 Å². The van der Waals surface area contributed by atoms with Gasteiger partial charge in [0, 0.05) is 12.1 Å². The van der Waals surface area contributed by atoms with Crippen LogP contribution in [0.25, 0.3) is 0 Å². The predicted octanol–water partition coefficient (Wildman–Crippen LogP) is 2.64. The number of rotatable bonds is 10. The number of nitro benzene ring substituents is 1. The Balaban J connectivity index is 3.01. The quantitative estimate of drug-likeness (QED) is 0.437. The number of carbonyl (C=O) groups is 1. The lowest BCUT2D eigenvalue weighted by atomic mass is 10.2. The van der Waals surface area contributed by atoms with Crippen LogP contribution in [0.1, 0.15) is 33.6 Å². The van der Waals surface area contributed by atoms with E-state index in [1.54, 1.807) is 13.8 Å². The van der Waals surface area contributed by atoms with Gasteiger partial charge >= 0.3 is 6.03 Å². The molecule has 140 valence electrons. The summed E-state index contributed by atoms with van der Waals surface area (Å²) in [6, 6.07) is 2.02. The lowest BCUT2D eigenvalue weighted by Crippen LogP contribution is -2.36. The minimum Gasteiger partial charge on any atom is -0.490 e. The second kappa shape index (κ2) is 10.3. The highest BCUT2D eigenvalue weighted by Gasteiger charge is 2.22. The summed E-state index contributed by atoms with van der Waals surface area (Å²) in [5.41, 5.74) is 5.21. The summed E-state index contributed by atoms with van der Waals surface area (Å²) in [5.74, 6) is 0.597. The van der Waals surface area contributed by atoms with Crippen molar-refractivity contribution in [3.05, 3.63) is 22.2 Å². The molecule has 0 radical (unpaired) electrons. The van der Waals surface area contributed by atoms with Crippen molar-refractivity contribution in [2.75, 3.05) is 25.1 Å². The third kappa shape index (κ3) is 6.46. The van der Waals surface area contributed by atoms with Crippen molar-refractivity contribution in [3.63, 3.8) is 0 Å². The number of carbonyl (C=O) groups excluding carboxylic acids is 1. The van der Waals surface area contributed by atoms with Gasteiger partial charge in [-0.05, 0) is 40.2 Å². The third-order valence-corrected chi connectivity index (χ3v) is 3.33. The van der Waals surface area contributed by atoms with Crippen LogP contribution in [0.2, 0.25) is 0 Å². The fraction of sp³-hybridized carbons (Fsp3) is 0.562. The summed E-state index contributed by atoms with van der Waals surface area (Å²) in [6.07, 6.45) is 1.50. The van der Waals surface area contributed by atoms with Gasteiger partial charge in [0.1, 0.15) is 5.69 Å². The number of anilines is 1. The molecule has 25 heavy (non-hydrogen) atoms. The Hall–Kier alpha value is -2.55. The van der Waals surface area contributed by atoms with Crippen LogP contribution < -0.4 is 25.8 Å². The number of nitrogens with one attached hydrogen (secondary N) is 2. The molecule has 0 saturated heterocycles. The van der Waals surface area contributed by atoms with Crippen molar-refractivity contribution < 1.29 is 19.2 Å². The van der Waals surface area contributed by atoms with Gasteiger partial charge < -0.3 is 25.8 Å². The van der Waals surface area contributed by atoms with E-state index in [0.717, 1.165) is 12.8 Å². The van der Waals surface area contributed by atoms with Gasteiger partial charge in [-0.1, -0.05) is 0 Å². The van der Waals surface area contributed by atoms with Crippen LogP contribution in [-0.4, -0.2) is 36.8 Å². The Bertz CT molecular complexity index is 594. The molecule has 0 aliphatic rings. The first-order valence-electron chi connectivity index (χ1n) is 8.28. The van der Waals surface area contributed by atoms with Crippen LogP contribution in [-0.2, 0) is 0 Å². The van der Waals surface area contributed by atoms with Gasteiger partial charge in [0.15, 0.2) is 11.5 Å². The molecule has 2 amide bonds. The van der Waals surface area contributed by atoms with E-state index in [0.29, 0.717) is 25.5 Å². The molecule has 0 aliphatic carbocycles. The summed E-state index contributed by atoms with van der Waals surface area (Å²) in [6.45, 7) is 6.63. The second-order valence-corrected chi connectivity index (χ2v) is 5.37. The average Bonchev–Trinajstić information content (AvgIpc) is 2.55. The number of nitro groups is 1. The van der Waals surface area contributed by atoms with E-state index >= 15 is 0 Å². The summed E-state index contributed by atoms with van der Waals surface area (Å²) in [5, 5.41) is 16.5. The molecule has 1 rings (SSSR count). The van der Waals surface area contributed by atoms with Gasteiger partial charge in [0.05, 0.1) is 24.2 Å². The summed E-state index contributed by atoms with van der Waals surface area (Å²) in [7, 11) is 0. The van der Waals surface area contributed by atoms with Gasteiger partial charge in [-0.25, -0.2) is 4.79 Å². The molecule has 9 heteroatoms. The Morgan fingerprint density at radius 1 is 1.28 bits per heavy atom. The van der Waals surface area contributed by atoms with Crippen molar-refractivity contribution in [2.45, 2.75) is 39.7 Å². The van der Waals surface area contributed by atoms with E-state index in [2.05, 4.69) is 10.6 Å². The first-order chi connectivity index (χ1) is 11.9. The number of amides is 2. The summed E-state index contributed by atoms with van der Waals surface area (Å²) < 4.78 is 10.8. The van der Waals surface area contributed by atoms with E-state index < -0.39 is 11.0 Å². The van der Waals surface area contributed by atoms with Gasteiger partial charge in [-0.2, -0.15) is 0 Å². The van der Waals surface area contributed by atoms with E-state index in [4.69, 9.17) is 15.2 Å². The van der Waals surface area contributed by atoms with Crippen LogP contribution in [0, 0.1) is 10.1 Å². The van der Waals surface area contributed by atoms with E-state index in [1.807, 2.05) is 6.92 Å². The van der Waals surface area contributed by atoms with Crippen molar-refractivity contribution in [3.8, 4) is 11.5 Å². The standard InChI is InChI=1S/C16H26N4O5/c1-4-24-14-9-12(13(20(22)23)10-15(14)25-5-2)19-16(21)18-11(3)7-6-8-17/h9-11H,4-8,17H2,1-3H3,(H2,18,19,21). The van der Waals surface area contributed by atoms with Gasteiger partial charge in [-0.3, -0.25) is 10.1 Å². The molecule has 0 bridgehead atoms. The zero-order valence-electron chi connectivity index (χ0n) is 14.8.